The van der Waals surface area contributed by atoms with Crippen molar-refractivity contribution in [2.45, 2.75) is 23.8 Å². The molecule has 1 fully saturated rings. The van der Waals surface area contributed by atoms with Crippen LogP contribution in [0.2, 0.25) is 0 Å². The van der Waals surface area contributed by atoms with Crippen molar-refractivity contribution in [2.24, 2.45) is 0 Å². The Labute approximate surface area is 138 Å². The number of nitrogens with one attached hydrogen (secondary N) is 2. The molecule has 0 saturated carbocycles. The smallest absolute Gasteiger partial charge is 0.209 e. The Morgan fingerprint density at radius 1 is 1.35 bits per heavy atom. The average Bonchev–Trinajstić information content (AvgIpc) is 3.07. The molecule has 1 aliphatic heterocycles. The molecule has 1 aliphatic rings. The Morgan fingerprint density at radius 3 is 2.74 bits per heavy atom. The van der Waals surface area contributed by atoms with Crippen molar-refractivity contribution >= 4 is 11.6 Å². The van der Waals surface area contributed by atoms with E-state index >= 15 is 0 Å². The molecule has 0 bridgehead atoms. The van der Waals surface area contributed by atoms with E-state index in [-0.39, 0.29) is 5.56 Å². The van der Waals surface area contributed by atoms with Gasteiger partial charge in [-0.05, 0) is 38.1 Å². The minimum absolute atomic E-state index is 0.264. The largest absolute Gasteiger partial charge is 0.468 e. The molecule has 1 unspecified atom stereocenters. The molecule has 2 aromatic rings. The molecular weight excluding hydrogens is 319 g/mol. The Bertz CT molecular complexity index is 707. The lowest BCUT2D eigenvalue weighted by Crippen LogP contribution is -2.44. The topological polar surface area (TPSA) is 73.7 Å². The van der Waals surface area contributed by atoms with Gasteiger partial charge in [0.2, 0.25) is 5.88 Å². The van der Waals surface area contributed by atoms with Gasteiger partial charge in [-0.3, -0.25) is 0 Å². The van der Waals surface area contributed by atoms with Crippen LogP contribution in [0.25, 0.3) is 0 Å². The minimum atomic E-state index is -0.731. The monoisotopic (exact) mass is 334 g/mol. The average molecular weight is 335 g/mol. The number of hydrogen-bond donors (Lipinski definition) is 2. The van der Waals surface area contributed by atoms with Crippen LogP contribution < -0.4 is 10.1 Å². The van der Waals surface area contributed by atoms with Gasteiger partial charge >= 0.3 is 0 Å². The van der Waals surface area contributed by atoms with Crippen molar-refractivity contribution in [1.82, 2.24) is 15.5 Å². The zero-order valence-electron chi connectivity index (χ0n) is 12.4. The van der Waals surface area contributed by atoms with Gasteiger partial charge in [0.15, 0.2) is 0 Å². The van der Waals surface area contributed by atoms with Crippen molar-refractivity contribution in [1.29, 1.82) is 5.26 Å². The van der Waals surface area contributed by atoms with Gasteiger partial charge in [-0.1, -0.05) is 6.07 Å². The van der Waals surface area contributed by atoms with E-state index in [4.69, 9.17) is 21.6 Å². The molecule has 7 heteroatoms. The third-order valence-electron chi connectivity index (χ3n) is 4.04. The highest BCUT2D eigenvalue weighted by molar-refractivity contribution is 6.24. The van der Waals surface area contributed by atoms with Crippen LogP contribution in [0.5, 0.6) is 5.88 Å². The Balaban J connectivity index is 1.99. The highest BCUT2D eigenvalue weighted by atomic mass is 35.5. The number of nitrogens with zero attached hydrogens (tertiary/aromatic N) is 2. The van der Waals surface area contributed by atoms with Crippen LogP contribution in [0, 0.1) is 17.1 Å². The van der Waals surface area contributed by atoms with Crippen LogP contribution in [0.1, 0.15) is 30.1 Å². The zero-order valence-corrected chi connectivity index (χ0v) is 13.1. The van der Waals surface area contributed by atoms with Gasteiger partial charge in [0.1, 0.15) is 11.9 Å². The summed E-state index contributed by atoms with van der Waals surface area (Å²) in [6, 6.07) is 7.94. The number of piperidine rings is 1. The number of nitriles is 1. The second-order valence-electron chi connectivity index (χ2n) is 5.55. The Morgan fingerprint density at radius 2 is 2.13 bits per heavy atom. The third-order valence-corrected chi connectivity index (χ3v) is 4.61. The van der Waals surface area contributed by atoms with Crippen LogP contribution in [0.3, 0.4) is 0 Å². The van der Waals surface area contributed by atoms with E-state index in [2.05, 4.69) is 15.5 Å². The van der Waals surface area contributed by atoms with Gasteiger partial charge in [-0.2, -0.15) is 10.4 Å². The summed E-state index contributed by atoms with van der Waals surface area (Å²) in [5, 5.41) is 18.7. The lowest BCUT2D eigenvalue weighted by molar-refractivity contribution is 0.121. The number of alkyl halides is 1. The van der Waals surface area contributed by atoms with Gasteiger partial charge in [-0.25, -0.2) is 9.49 Å². The predicted molar refractivity (Wildman–Crippen MR) is 83.8 cm³/mol. The second-order valence-corrected chi connectivity index (χ2v) is 6.30. The molecule has 1 saturated heterocycles. The van der Waals surface area contributed by atoms with E-state index < -0.39 is 16.8 Å². The summed E-state index contributed by atoms with van der Waals surface area (Å²) in [7, 11) is 0. The fraction of sp³-hybridized carbons (Fsp3) is 0.375. The van der Waals surface area contributed by atoms with Crippen LogP contribution in [-0.2, 0) is 0 Å². The maximum absolute atomic E-state index is 14.5. The van der Waals surface area contributed by atoms with Crippen molar-refractivity contribution in [3.8, 4) is 11.9 Å². The van der Waals surface area contributed by atoms with Gasteiger partial charge in [-0.15, -0.1) is 11.6 Å². The SMILES string of the molecule is N#Cc1ccc(C(Oc2ccn[nH]2)C2(Cl)CCNCC2)c(F)c1. The van der Waals surface area contributed by atoms with Crippen molar-refractivity contribution in [3.05, 3.63) is 47.4 Å². The standard InChI is InChI=1S/C16H16ClFN4O/c17-16(4-7-20-8-5-16)15(23-14-3-6-21-22-14)12-2-1-11(10-19)9-13(12)18/h1-3,6,9,15,20H,4-5,7-8H2,(H,21,22). The predicted octanol–water partition coefficient (Wildman–Crippen LogP) is 2.90. The lowest BCUT2D eigenvalue weighted by Gasteiger charge is -2.38. The molecule has 0 amide bonds. The van der Waals surface area contributed by atoms with Crippen molar-refractivity contribution in [3.63, 3.8) is 0 Å². The highest BCUT2D eigenvalue weighted by Crippen LogP contribution is 2.42. The van der Waals surface area contributed by atoms with Gasteiger partial charge < -0.3 is 10.1 Å². The van der Waals surface area contributed by atoms with Crippen LogP contribution in [-0.4, -0.2) is 28.2 Å². The maximum Gasteiger partial charge on any atom is 0.209 e. The molecule has 1 aromatic heterocycles. The van der Waals surface area contributed by atoms with E-state index in [0.717, 1.165) is 13.1 Å². The first-order valence-electron chi connectivity index (χ1n) is 7.37. The molecule has 1 aromatic carbocycles. The van der Waals surface area contributed by atoms with Crippen molar-refractivity contribution in [2.75, 3.05) is 13.1 Å². The number of ether oxygens (including phenoxy) is 1. The Kier molecular flexibility index (Phi) is 4.51. The molecule has 2 N–H and O–H groups in total. The lowest BCUT2D eigenvalue weighted by atomic mass is 9.86. The molecular formula is C16H16ClFN4O. The summed E-state index contributed by atoms with van der Waals surface area (Å²) >= 11 is 6.81. The van der Waals surface area contributed by atoms with Gasteiger partial charge in [0.25, 0.3) is 0 Å². The van der Waals surface area contributed by atoms with E-state index in [0.29, 0.717) is 24.3 Å². The third kappa shape index (κ3) is 3.31. The maximum atomic E-state index is 14.5. The van der Waals surface area contributed by atoms with Gasteiger partial charge in [0.05, 0.1) is 22.7 Å². The van der Waals surface area contributed by atoms with E-state index in [1.165, 1.54) is 6.07 Å². The molecule has 1 atom stereocenters. The fourth-order valence-corrected chi connectivity index (χ4v) is 3.15. The number of hydrogen-bond acceptors (Lipinski definition) is 4. The summed E-state index contributed by atoms with van der Waals surface area (Å²) in [4.78, 5) is -0.731. The number of aromatic nitrogens is 2. The molecule has 3 rings (SSSR count). The first kappa shape index (κ1) is 15.8. The normalized spacial score (nSPS) is 18.1. The van der Waals surface area contributed by atoms with Crippen LogP contribution >= 0.6 is 11.6 Å². The van der Waals surface area contributed by atoms with Gasteiger partial charge in [0, 0.05) is 11.6 Å². The number of benzene rings is 1. The second kappa shape index (κ2) is 6.57. The first-order chi connectivity index (χ1) is 11.1. The summed E-state index contributed by atoms with van der Waals surface area (Å²) in [6.45, 7) is 1.48. The number of aromatic amines is 1. The molecule has 23 heavy (non-hydrogen) atoms. The molecule has 120 valence electrons. The quantitative estimate of drug-likeness (QED) is 0.843. The molecule has 0 aliphatic carbocycles. The number of rotatable bonds is 4. The summed E-state index contributed by atoms with van der Waals surface area (Å²) in [6.07, 6.45) is 2.17. The van der Waals surface area contributed by atoms with Crippen molar-refractivity contribution < 1.29 is 9.13 Å². The molecule has 2 heterocycles. The first-order valence-corrected chi connectivity index (χ1v) is 7.75. The number of halogens is 2. The summed E-state index contributed by atoms with van der Waals surface area (Å²) in [5.41, 5.74) is 0.607. The minimum Gasteiger partial charge on any atom is -0.468 e. The van der Waals surface area contributed by atoms with Crippen LogP contribution in [0.15, 0.2) is 30.5 Å². The van der Waals surface area contributed by atoms with E-state index in [9.17, 15) is 4.39 Å². The summed E-state index contributed by atoms with van der Waals surface area (Å²) in [5.74, 6) is -0.0653. The summed E-state index contributed by atoms with van der Waals surface area (Å²) < 4.78 is 20.4. The Hall–Kier alpha value is -2.10. The van der Waals surface area contributed by atoms with E-state index in [1.807, 2.05) is 6.07 Å². The van der Waals surface area contributed by atoms with Crippen LogP contribution in [0.4, 0.5) is 4.39 Å². The van der Waals surface area contributed by atoms with E-state index in [1.54, 1.807) is 24.4 Å². The molecule has 0 spiro atoms. The molecule has 0 radical (unpaired) electrons. The number of H-pyrrole nitrogens is 1. The highest BCUT2D eigenvalue weighted by Gasteiger charge is 2.42. The fourth-order valence-electron chi connectivity index (χ4n) is 2.80. The molecule has 5 nitrogen and oxygen atoms in total. The zero-order chi connectivity index (χ0) is 16.3.